The summed E-state index contributed by atoms with van der Waals surface area (Å²) in [6, 6.07) is 13.1. The van der Waals surface area contributed by atoms with Crippen molar-refractivity contribution in [3.63, 3.8) is 0 Å². The van der Waals surface area contributed by atoms with Crippen molar-refractivity contribution < 1.29 is 19.1 Å². The molecule has 1 aliphatic heterocycles. The molecule has 1 fully saturated rings. The van der Waals surface area contributed by atoms with Crippen LogP contribution in [0.15, 0.2) is 42.5 Å². The van der Waals surface area contributed by atoms with Gasteiger partial charge >= 0.3 is 12.0 Å². The van der Waals surface area contributed by atoms with Crippen LogP contribution in [0.3, 0.4) is 0 Å². The van der Waals surface area contributed by atoms with Gasteiger partial charge in [0.2, 0.25) is 0 Å². The Labute approximate surface area is 164 Å². The van der Waals surface area contributed by atoms with E-state index in [-0.39, 0.29) is 19.1 Å². The van der Waals surface area contributed by atoms with Gasteiger partial charge in [-0.15, -0.1) is 0 Å². The zero-order valence-electron chi connectivity index (χ0n) is 16.5. The Morgan fingerprint density at radius 1 is 1.14 bits per heavy atom. The summed E-state index contributed by atoms with van der Waals surface area (Å²) in [6.45, 7) is 5.54. The smallest absolute Gasteiger partial charge is 0.326 e. The van der Waals surface area contributed by atoms with E-state index in [1.165, 1.54) is 0 Å². The van der Waals surface area contributed by atoms with Gasteiger partial charge in [0.15, 0.2) is 0 Å². The molecule has 0 radical (unpaired) electrons. The summed E-state index contributed by atoms with van der Waals surface area (Å²) in [6.07, 6.45) is 1.35. The van der Waals surface area contributed by atoms with Crippen LogP contribution < -0.4 is 5.32 Å². The average molecular weight is 382 g/mol. The molecule has 2 aromatic rings. The molecule has 1 N–H and O–H groups in total. The molecule has 1 saturated heterocycles. The summed E-state index contributed by atoms with van der Waals surface area (Å²) in [7, 11) is 0. The number of imide groups is 1. The molecule has 0 bridgehead atoms. The van der Waals surface area contributed by atoms with E-state index in [1.54, 1.807) is 6.92 Å². The highest BCUT2D eigenvalue weighted by atomic mass is 16.5. The fourth-order valence-electron chi connectivity index (χ4n) is 3.39. The third-order valence-corrected chi connectivity index (χ3v) is 5.12. The van der Waals surface area contributed by atoms with Crippen molar-refractivity contribution in [2.75, 3.05) is 6.54 Å². The number of urea groups is 1. The highest BCUT2D eigenvalue weighted by molar-refractivity contribution is 6.08. The molecule has 1 aliphatic rings. The molecule has 3 rings (SSSR count). The van der Waals surface area contributed by atoms with Gasteiger partial charge in [-0.2, -0.15) is 0 Å². The van der Waals surface area contributed by atoms with E-state index in [9.17, 15) is 14.4 Å². The van der Waals surface area contributed by atoms with E-state index < -0.39 is 17.5 Å². The van der Waals surface area contributed by atoms with Gasteiger partial charge in [0.25, 0.3) is 5.91 Å². The van der Waals surface area contributed by atoms with Crippen molar-refractivity contribution in [1.29, 1.82) is 0 Å². The number of hydrogen-bond acceptors (Lipinski definition) is 4. The number of benzene rings is 2. The molecular weight excluding hydrogens is 356 g/mol. The standard InChI is InChI=1S/C22H26N2O4/c1-15(2)11-12-22(3)20(26)24(21(27)23-22)13-19(25)28-14-17-9-6-8-16-7-4-5-10-18(16)17/h4-10,15H,11-14H2,1-3H3,(H,23,27)/t22-/m0/s1. The number of fused-ring (bicyclic) bond motifs is 1. The Kier molecular flexibility index (Phi) is 5.68. The number of amides is 3. The van der Waals surface area contributed by atoms with E-state index in [4.69, 9.17) is 4.74 Å². The molecule has 3 amide bonds. The van der Waals surface area contributed by atoms with Crippen LogP contribution in [0.5, 0.6) is 0 Å². The largest absolute Gasteiger partial charge is 0.459 e. The normalized spacial score (nSPS) is 19.4. The molecule has 28 heavy (non-hydrogen) atoms. The van der Waals surface area contributed by atoms with Gasteiger partial charge in [-0.25, -0.2) is 4.79 Å². The van der Waals surface area contributed by atoms with E-state index in [0.717, 1.165) is 27.7 Å². The first-order chi connectivity index (χ1) is 13.3. The maximum Gasteiger partial charge on any atom is 0.326 e. The number of nitrogens with one attached hydrogen (secondary N) is 1. The van der Waals surface area contributed by atoms with Crippen molar-refractivity contribution >= 4 is 28.7 Å². The minimum absolute atomic E-state index is 0.0917. The number of carbonyl (C=O) groups is 3. The van der Waals surface area contributed by atoms with Crippen molar-refractivity contribution in [2.45, 2.75) is 45.8 Å². The predicted molar refractivity (Wildman–Crippen MR) is 106 cm³/mol. The Bertz CT molecular complexity index is 903. The number of esters is 1. The maximum absolute atomic E-state index is 12.7. The fourth-order valence-corrected chi connectivity index (χ4v) is 3.39. The number of carbonyl (C=O) groups excluding carboxylic acids is 3. The minimum Gasteiger partial charge on any atom is -0.459 e. The second-order valence-electron chi connectivity index (χ2n) is 7.89. The molecule has 0 spiro atoms. The number of rotatable bonds is 7. The summed E-state index contributed by atoms with van der Waals surface area (Å²) in [4.78, 5) is 38.1. The van der Waals surface area contributed by atoms with E-state index >= 15 is 0 Å². The van der Waals surface area contributed by atoms with Crippen LogP contribution in [-0.2, 0) is 20.9 Å². The van der Waals surface area contributed by atoms with E-state index in [0.29, 0.717) is 12.3 Å². The first-order valence-corrected chi connectivity index (χ1v) is 9.56. The number of ether oxygens (including phenoxy) is 1. The lowest BCUT2D eigenvalue weighted by molar-refractivity contribution is -0.148. The van der Waals surface area contributed by atoms with E-state index in [2.05, 4.69) is 19.2 Å². The molecule has 1 atom stereocenters. The molecule has 148 valence electrons. The van der Waals surface area contributed by atoms with Crippen LogP contribution in [0.25, 0.3) is 10.8 Å². The van der Waals surface area contributed by atoms with Crippen molar-refractivity contribution in [1.82, 2.24) is 10.2 Å². The molecule has 0 aliphatic carbocycles. The SMILES string of the molecule is CC(C)CC[C@]1(C)NC(=O)N(CC(=O)OCc2cccc3ccccc23)C1=O. The minimum atomic E-state index is -0.961. The van der Waals surface area contributed by atoms with Gasteiger partial charge in [0.05, 0.1) is 0 Å². The Hall–Kier alpha value is -2.89. The third kappa shape index (κ3) is 4.16. The number of nitrogens with zero attached hydrogens (tertiary/aromatic N) is 1. The maximum atomic E-state index is 12.7. The Morgan fingerprint density at radius 2 is 1.86 bits per heavy atom. The van der Waals surface area contributed by atoms with Crippen molar-refractivity contribution in [2.24, 2.45) is 5.92 Å². The van der Waals surface area contributed by atoms with Crippen LogP contribution in [0.4, 0.5) is 4.79 Å². The average Bonchev–Trinajstić information content (AvgIpc) is 2.88. The topological polar surface area (TPSA) is 75.7 Å². The summed E-state index contributed by atoms with van der Waals surface area (Å²) in [5, 5.41) is 4.79. The molecule has 6 heteroatoms. The molecule has 0 unspecified atom stereocenters. The predicted octanol–water partition coefficient (Wildman–Crippen LogP) is 3.63. The Balaban J connectivity index is 1.61. The van der Waals surface area contributed by atoms with Gasteiger partial charge in [-0.1, -0.05) is 56.3 Å². The van der Waals surface area contributed by atoms with Crippen LogP contribution in [0.1, 0.15) is 39.2 Å². The molecule has 2 aromatic carbocycles. The molecule has 1 heterocycles. The lowest BCUT2D eigenvalue weighted by Crippen LogP contribution is -2.44. The van der Waals surface area contributed by atoms with Crippen LogP contribution >= 0.6 is 0 Å². The van der Waals surface area contributed by atoms with Crippen LogP contribution in [-0.4, -0.2) is 34.9 Å². The Morgan fingerprint density at radius 3 is 2.61 bits per heavy atom. The zero-order valence-corrected chi connectivity index (χ0v) is 16.5. The van der Waals surface area contributed by atoms with E-state index in [1.807, 2.05) is 42.5 Å². The third-order valence-electron chi connectivity index (χ3n) is 5.12. The second-order valence-corrected chi connectivity index (χ2v) is 7.89. The van der Waals surface area contributed by atoms with Crippen LogP contribution in [0.2, 0.25) is 0 Å². The second kappa shape index (κ2) is 8.00. The van der Waals surface area contributed by atoms with Crippen molar-refractivity contribution in [3.8, 4) is 0 Å². The van der Waals surface area contributed by atoms with Gasteiger partial charge in [0.1, 0.15) is 18.7 Å². The fraction of sp³-hybridized carbons (Fsp3) is 0.409. The molecule has 0 saturated carbocycles. The summed E-state index contributed by atoms with van der Waals surface area (Å²) < 4.78 is 5.35. The van der Waals surface area contributed by atoms with Gasteiger partial charge in [-0.05, 0) is 42.0 Å². The lowest BCUT2D eigenvalue weighted by Gasteiger charge is -2.22. The van der Waals surface area contributed by atoms with Gasteiger partial charge < -0.3 is 10.1 Å². The van der Waals surface area contributed by atoms with Crippen molar-refractivity contribution in [3.05, 3.63) is 48.0 Å². The first-order valence-electron chi connectivity index (χ1n) is 9.56. The highest BCUT2D eigenvalue weighted by Gasteiger charge is 2.48. The van der Waals surface area contributed by atoms with Gasteiger partial charge in [0, 0.05) is 0 Å². The molecule has 6 nitrogen and oxygen atoms in total. The van der Waals surface area contributed by atoms with Gasteiger partial charge in [-0.3, -0.25) is 14.5 Å². The highest BCUT2D eigenvalue weighted by Crippen LogP contribution is 2.25. The molecule has 0 aromatic heterocycles. The monoisotopic (exact) mass is 382 g/mol. The van der Waals surface area contributed by atoms with Crippen LogP contribution in [0, 0.1) is 5.92 Å². The summed E-state index contributed by atoms with van der Waals surface area (Å²) in [5.41, 5.74) is -0.0810. The lowest BCUT2D eigenvalue weighted by atomic mass is 9.92. The molecular formula is C22H26N2O4. The number of hydrogen-bond donors (Lipinski definition) is 1. The first kappa shape index (κ1) is 19.9. The summed E-state index contributed by atoms with van der Waals surface area (Å²) in [5.74, 6) is -0.564. The zero-order chi connectivity index (χ0) is 20.3. The summed E-state index contributed by atoms with van der Waals surface area (Å²) >= 11 is 0. The quantitative estimate of drug-likeness (QED) is 0.586.